The predicted octanol–water partition coefficient (Wildman–Crippen LogP) is 2.29. The van der Waals surface area contributed by atoms with Gasteiger partial charge in [0, 0.05) is 25.6 Å². The van der Waals surface area contributed by atoms with E-state index in [1.165, 1.54) is 5.56 Å². The minimum atomic E-state index is -0.417. The third kappa shape index (κ3) is 4.93. The lowest BCUT2D eigenvalue weighted by molar-refractivity contribution is -0.0979. The monoisotopic (exact) mass is 337 g/mol. The number of likely N-dealkylation sites (tertiary alicyclic amines) is 1. The number of aliphatic hydroxyl groups is 1. The van der Waals surface area contributed by atoms with E-state index in [-0.39, 0.29) is 18.1 Å². The molecular formula is C19H31NO4. The number of ether oxygens (including phenoxy) is 3. The van der Waals surface area contributed by atoms with Crippen LogP contribution < -0.4 is 4.74 Å². The minimum absolute atomic E-state index is 0.00473. The van der Waals surface area contributed by atoms with Gasteiger partial charge in [0.1, 0.15) is 5.75 Å². The lowest BCUT2D eigenvalue weighted by Gasteiger charge is -2.42. The Bertz CT molecular complexity index is 479. The maximum Gasteiger partial charge on any atom is 0.118 e. The quantitative estimate of drug-likeness (QED) is 0.789. The van der Waals surface area contributed by atoms with Gasteiger partial charge >= 0.3 is 0 Å². The highest BCUT2D eigenvalue weighted by Gasteiger charge is 2.38. The van der Waals surface area contributed by atoms with Crippen LogP contribution in [0.25, 0.3) is 0 Å². The summed E-state index contributed by atoms with van der Waals surface area (Å²) in [6.07, 6.45) is 0.352. The summed E-state index contributed by atoms with van der Waals surface area (Å²) in [5.41, 5.74) is 1.19. The Labute approximate surface area is 145 Å². The summed E-state index contributed by atoms with van der Waals surface area (Å²) in [5.74, 6) is 0.995. The second-order valence-electron chi connectivity index (χ2n) is 6.45. The SMILES string of the molecule is CCOC1CN(C)CC(OCC(O)CC)C1c1ccc(OC)cc1. The Balaban J connectivity index is 2.21. The Hall–Kier alpha value is -1.14. The molecule has 24 heavy (non-hydrogen) atoms. The molecule has 1 aromatic rings. The van der Waals surface area contributed by atoms with E-state index in [2.05, 4.69) is 24.1 Å². The van der Waals surface area contributed by atoms with Crippen LogP contribution in [0.1, 0.15) is 31.7 Å². The molecule has 0 aromatic heterocycles. The zero-order valence-electron chi connectivity index (χ0n) is 15.3. The number of nitrogens with zero attached hydrogens (tertiary/aromatic N) is 1. The van der Waals surface area contributed by atoms with E-state index in [9.17, 15) is 5.11 Å². The summed E-state index contributed by atoms with van der Waals surface area (Å²) in [7, 11) is 3.76. The average Bonchev–Trinajstić information content (AvgIpc) is 2.60. The van der Waals surface area contributed by atoms with Crippen LogP contribution in [-0.4, -0.2) is 68.8 Å². The lowest BCUT2D eigenvalue weighted by Crippen LogP contribution is -2.51. The predicted molar refractivity (Wildman–Crippen MR) is 94.7 cm³/mol. The van der Waals surface area contributed by atoms with Gasteiger partial charge in [-0.2, -0.15) is 0 Å². The maximum absolute atomic E-state index is 9.86. The van der Waals surface area contributed by atoms with E-state index in [1.54, 1.807) is 7.11 Å². The first-order valence-electron chi connectivity index (χ1n) is 8.82. The highest BCUT2D eigenvalue weighted by atomic mass is 16.5. The number of rotatable bonds is 8. The number of piperidine rings is 1. The van der Waals surface area contributed by atoms with Crippen molar-refractivity contribution in [2.75, 3.05) is 40.5 Å². The molecule has 1 fully saturated rings. The van der Waals surface area contributed by atoms with Crippen LogP contribution in [0.2, 0.25) is 0 Å². The molecule has 0 saturated carbocycles. The Morgan fingerprint density at radius 2 is 1.75 bits per heavy atom. The van der Waals surface area contributed by atoms with E-state index in [1.807, 2.05) is 26.0 Å². The van der Waals surface area contributed by atoms with Gasteiger partial charge in [0.25, 0.3) is 0 Å². The van der Waals surface area contributed by atoms with Crippen molar-refractivity contribution < 1.29 is 19.3 Å². The van der Waals surface area contributed by atoms with Crippen molar-refractivity contribution in [2.45, 2.75) is 44.5 Å². The third-order valence-electron chi connectivity index (χ3n) is 4.64. The topological polar surface area (TPSA) is 51.2 Å². The van der Waals surface area contributed by atoms with Gasteiger partial charge in [0.15, 0.2) is 0 Å². The molecule has 2 rings (SSSR count). The Morgan fingerprint density at radius 3 is 2.29 bits per heavy atom. The fraction of sp³-hybridized carbons (Fsp3) is 0.684. The van der Waals surface area contributed by atoms with E-state index >= 15 is 0 Å². The first-order chi connectivity index (χ1) is 11.6. The standard InChI is InChI=1S/C19H31NO4/c1-5-15(21)13-24-18-12-20(3)11-17(23-6-2)19(18)14-7-9-16(22-4)10-8-14/h7-10,15,17-19,21H,5-6,11-13H2,1-4H3. The summed E-state index contributed by atoms with van der Waals surface area (Å²) in [6, 6.07) is 8.14. The Kier molecular flexibility index (Phi) is 7.49. The normalized spacial score (nSPS) is 26.3. The van der Waals surface area contributed by atoms with Crippen LogP contribution in [-0.2, 0) is 9.47 Å². The van der Waals surface area contributed by atoms with Gasteiger partial charge in [0.05, 0.1) is 32.0 Å². The van der Waals surface area contributed by atoms with Gasteiger partial charge < -0.3 is 24.2 Å². The van der Waals surface area contributed by atoms with Gasteiger partial charge in [-0.25, -0.2) is 0 Å². The second-order valence-corrected chi connectivity index (χ2v) is 6.45. The van der Waals surface area contributed by atoms with Gasteiger partial charge in [-0.05, 0) is 38.1 Å². The highest BCUT2D eigenvalue weighted by molar-refractivity contribution is 5.31. The zero-order valence-corrected chi connectivity index (χ0v) is 15.3. The molecule has 136 valence electrons. The van der Waals surface area contributed by atoms with Crippen LogP contribution in [0.4, 0.5) is 0 Å². The summed E-state index contributed by atoms with van der Waals surface area (Å²) in [6.45, 7) is 6.73. The van der Waals surface area contributed by atoms with E-state index in [0.29, 0.717) is 19.6 Å². The number of aliphatic hydroxyl groups excluding tert-OH is 1. The molecule has 5 heteroatoms. The van der Waals surface area contributed by atoms with Crippen LogP contribution in [0.15, 0.2) is 24.3 Å². The fourth-order valence-electron chi connectivity index (χ4n) is 3.29. The summed E-state index contributed by atoms with van der Waals surface area (Å²) >= 11 is 0. The van der Waals surface area contributed by atoms with Crippen LogP contribution in [0, 0.1) is 0 Å². The van der Waals surface area contributed by atoms with Crippen molar-refractivity contribution in [3.05, 3.63) is 29.8 Å². The molecule has 4 atom stereocenters. The minimum Gasteiger partial charge on any atom is -0.497 e. The number of benzene rings is 1. The summed E-state index contributed by atoms with van der Waals surface area (Å²) in [4.78, 5) is 2.24. The van der Waals surface area contributed by atoms with Gasteiger partial charge in [-0.15, -0.1) is 0 Å². The molecule has 1 aliphatic heterocycles. The molecule has 0 amide bonds. The molecule has 1 aliphatic rings. The van der Waals surface area contributed by atoms with Crippen molar-refractivity contribution in [3.63, 3.8) is 0 Å². The van der Waals surface area contributed by atoms with Gasteiger partial charge in [0.2, 0.25) is 0 Å². The molecule has 0 bridgehead atoms. The second kappa shape index (κ2) is 9.37. The van der Waals surface area contributed by atoms with Crippen molar-refractivity contribution in [1.82, 2.24) is 4.90 Å². The third-order valence-corrected chi connectivity index (χ3v) is 4.64. The molecular weight excluding hydrogens is 306 g/mol. The van der Waals surface area contributed by atoms with Crippen molar-refractivity contribution >= 4 is 0 Å². The Morgan fingerprint density at radius 1 is 1.12 bits per heavy atom. The van der Waals surface area contributed by atoms with Crippen LogP contribution in [0.3, 0.4) is 0 Å². The van der Waals surface area contributed by atoms with E-state index < -0.39 is 6.10 Å². The molecule has 0 radical (unpaired) electrons. The number of likely N-dealkylation sites (N-methyl/N-ethyl adjacent to an activating group) is 1. The van der Waals surface area contributed by atoms with E-state index in [0.717, 1.165) is 18.8 Å². The summed E-state index contributed by atoms with van der Waals surface area (Å²) < 4.78 is 17.4. The number of hydrogen-bond donors (Lipinski definition) is 1. The van der Waals surface area contributed by atoms with E-state index in [4.69, 9.17) is 14.2 Å². The van der Waals surface area contributed by atoms with Crippen molar-refractivity contribution in [1.29, 1.82) is 0 Å². The molecule has 1 heterocycles. The van der Waals surface area contributed by atoms with Crippen LogP contribution >= 0.6 is 0 Å². The summed E-state index contributed by atoms with van der Waals surface area (Å²) in [5, 5.41) is 9.86. The average molecular weight is 337 g/mol. The number of methoxy groups -OCH3 is 1. The van der Waals surface area contributed by atoms with Crippen molar-refractivity contribution in [3.8, 4) is 5.75 Å². The largest absolute Gasteiger partial charge is 0.497 e. The fourth-order valence-corrected chi connectivity index (χ4v) is 3.29. The zero-order chi connectivity index (χ0) is 17.5. The first kappa shape index (κ1) is 19.2. The molecule has 1 N–H and O–H groups in total. The molecule has 4 unspecified atom stereocenters. The molecule has 0 spiro atoms. The van der Waals surface area contributed by atoms with Gasteiger partial charge in [-0.1, -0.05) is 19.1 Å². The molecule has 1 saturated heterocycles. The molecule has 0 aliphatic carbocycles. The maximum atomic E-state index is 9.86. The first-order valence-corrected chi connectivity index (χ1v) is 8.82. The molecule has 1 aromatic carbocycles. The number of hydrogen-bond acceptors (Lipinski definition) is 5. The van der Waals surface area contributed by atoms with Crippen LogP contribution in [0.5, 0.6) is 5.75 Å². The van der Waals surface area contributed by atoms with Crippen molar-refractivity contribution in [2.24, 2.45) is 0 Å². The molecule has 5 nitrogen and oxygen atoms in total. The smallest absolute Gasteiger partial charge is 0.118 e. The lowest BCUT2D eigenvalue weighted by atomic mass is 9.84. The van der Waals surface area contributed by atoms with Gasteiger partial charge in [-0.3, -0.25) is 0 Å². The highest BCUT2D eigenvalue weighted by Crippen LogP contribution is 2.33.